The molecule has 0 saturated carbocycles. The SMILES string of the molecule is O=C(COP(=O)(Oc1ccccc1)Oc1ccccc1)c1ccc(Br)cc1. The van der Waals surface area contributed by atoms with Gasteiger partial charge in [0.1, 0.15) is 18.1 Å². The minimum atomic E-state index is -4.08. The van der Waals surface area contributed by atoms with Crippen molar-refractivity contribution in [2.45, 2.75) is 0 Å². The Morgan fingerprint density at radius 1 is 0.778 bits per heavy atom. The number of phosphoric acid groups is 1. The molecule has 138 valence electrons. The van der Waals surface area contributed by atoms with E-state index in [0.717, 1.165) is 4.47 Å². The van der Waals surface area contributed by atoms with Gasteiger partial charge >= 0.3 is 7.82 Å². The number of hydrogen-bond donors (Lipinski definition) is 0. The van der Waals surface area contributed by atoms with Gasteiger partial charge in [0.25, 0.3) is 0 Å². The number of phosphoric ester groups is 1. The molecule has 3 aromatic rings. The highest BCUT2D eigenvalue weighted by Crippen LogP contribution is 2.49. The van der Waals surface area contributed by atoms with E-state index >= 15 is 0 Å². The third-order valence-electron chi connectivity index (χ3n) is 3.44. The van der Waals surface area contributed by atoms with Gasteiger partial charge in [-0.15, -0.1) is 0 Å². The van der Waals surface area contributed by atoms with Crippen LogP contribution in [0.5, 0.6) is 11.5 Å². The molecule has 0 heterocycles. The monoisotopic (exact) mass is 446 g/mol. The molecule has 0 aliphatic heterocycles. The van der Waals surface area contributed by atoms with Gasteiger partial charge in [0.2, 0.25) is 0 Å². The molecule has 0 atom stereocenters. The predicted octanol–water partition coefficient (Wildman–Crippen LogP) is 5.91. The molecule has 0 saturated heterocycles. The van der Waals surface area contributed by atoms with Crippen molar-refractivity contribution in [3.05, 3.63) is 95.0 Å². The highest BCUT2D eigenvalue weighted by atomic mass is 79.9. The molecule has 5 nitrogen and oxygen atoms in total. The summed E-state index contributed by atoms with van der Waals surface area (Å²) in [6.45, 7) is -0.446. The molecule has 0 spiro atoms. The Morgan fingerprint density at radius 3 is 1.74 bits per heavy atom. The van der Waals surface area contributed by atoms with Crippen molar-refractivity contribution in [2.24, 2.45) is 0 Å². The third-order valence-corrected chi connectivity index (χ3v) is 5.28. The highest BCUT2D eigenvalue weighted by molar-refractivity contribution is 9.10. The smallest absolute Gasteiger partial charge is 0.395 e. The van der Waals surface area contributed by atoms with Crippen LogP contribution in [0.15, 0.2) is 89.4 Å². The molecule has 0 bridgehead atoms. The Hall–Kier alpha value is -2.40. The van der Waals surface area contributed by atoms with E-state index in [2.05, 4.69) is 15.9 Å². The second kappa shape index (κ2) is 9.00. The van der Waals surface area contributed by atoms with E-state index in [4.69, 9.17) is 13.6 Å². The van der Waals surface area contributed by atoms with Crippen LogP contribution in [-0.2, 0) is 9.09 Å². The lowest BCUT2D eigenvalue weighted by molar-refractivity contribution is 0.0892. The zero-order valence-electron chi connectivity index (χ0n) is 14.2. The van der Waals surface area contributed by atoms with E-state index < -0.39 is 14.4 Å². The van der Waals surface area contributed by atoms with Crippen molar-refractivity contribution in [1.82, 2.24) is 0 Å². The number of para-hydroxylation sites is 2. The van der Waals surface area contributed by atoms with E-state index in [0.29, 0.717) is 17.1 Å². The van der Waals surface area contributed by atoms with Gasteiger partial charge in [0.15, 0.2) is 5.78 Å². The Balaban J connectivity index is 1.75. The van der Waals surface area contributed by atoms with Crippen LogP contribution in [0.1, 0.15) is 10.4 Å². The van der Waals surface area contributed by atoms with Gasteiger partial charge in [-0.3, -0.25) is 9.32 Å². The van der Waals surface area contributed by atoms with Crippen molar-refractivity contribution in [2.75, 3.05) is 6.61 Å². The summed E-state index contributed by atoms with van der Waals surface area (Å²) in [5.41, 5.74) is 0.434. The van der Waals surface area contributed by atoms with Crippen molar-refractivity contribution < 1.29 is 22.9 Å². The van der Waals surface area contributed by atoms with Crippen LogP contribution in [0, 0.1) is 0 Å². The van der Waals surface area contributed by atoms with Gasteiger partial charge in [0.05, 0.1) is 0 Å². The maximum Gasteiger partial charge on any atom is 0.588 e. The first-order valence-corrected chi connectivity index (χ1v) is 10.3. The first-order chi connectivity index (χ1) is 13.0. The van der Waals surface area contributed by atoms with Gasteiger partial charge in [-0.25, -0.2) is 4.57 Å². The molecule has 3 aromatic carbocycles. The maximum atomic E-state index is 13.1. The minimum Gasteiger partial charge on any atom is -0.395 e. The fraction of sp³-hybridized carbons (Fsp3) is 0.0500. The quantitative estimate of drug-likeness (QED) is 0.317. The number of carbonyl (C=O) groups excluding carboxylic acids is 1. The van der Waals surface area contributed by atoms with E-state index in [-0.39, 0.29) is 5.78 Å². The van der Waals surface area contributed by atoms with E-state index in [1.54, 1.807) is 84.9 Å². The number of ketones is 1. The predicted molar refractivity (Wildman–Crippen MR) is 106 cm³/mol. The Morgan fingerprint density at radius 2 is 1.26 bits per heavy atom. The van der Waals surface area contributed by atoms with Gasteiger partial charge in [0, 0.05) is 10.0 Å². The first kappa shape index (κ1) is 19.4. The Kier molecular flexibility index (Phi) is 6.45. The van der Waals surface area contributed by atoms with Gasteiger partial charge in [-0.2, -0.15) is 0 Å². The topological polar surface area (TPSA) is 61.8 Å². The summed E-state index contributed by atoms with van der Waals surface area (Å²) in [4.78, 5) is 12.3. The Bertz CT molecular complexity index is 884. The van der Waals surface area contributed by atoms with Crippen LogP contribution in [0.2, 0.25) is 0 Å². The second-order valence-electron chi connectivity index (χ2n) is 5.46. The molecule has 0 aliphatic rings. The lowest BCUT2D eigenvalue weighted by Crippen LogP contribution is -2.12. The van der Waals surface area contributed by atoms with Crippen LogP contribution in [0.3, 0.4) is 0 Å². The molecule has 0 unspecified atom stereocenters. The lowest BCUT2D eigenvalue weighted by atomic mass is 10.1. The fourth-order valence-corrected chi connectivity index (χ4v) is 3.59. The average molecular weight is 447 g/mol. The molecular weight excluding hydrogens is 431 g/mol. The first-order valence-electron chi connectivity index (χ1n) is 8.07. The largest absolute Gasteiger partial charge is 0.588 e. The van der Waals surface area contributed by atoms with Crippen molar-refractivity contribution in [1.29, 1.82) is 0 Å². The zero-order valence-corrected chi connectivity index (χ0v) is 16.6. The standard InChI is InChI=1S/C20H16BrO5P/c21-17-13-11-16(12-14-17)20(22)15-24-27(23,25-18-7-3-1-4-8-18)26-19-9-5-2-6-10-19/h1-14H,15H2. The van der Waals surface area contributed by atoms with Gasteiger partial charge in [-0.05, 0) is 36.4 Å². The molecule has 27 heavy (non-hydrogen) atoms. The van der Waals surface area contributed by atoms with E-state index in [1.807, 2.05) is 0 Å². The fourth-order valence-electron chi connectivity index (χ4n) is 2.15. The summed E-state index contributed by atoms with van der Waals surface area (Å²) < 4.78 is 30.2. The van der Waals surface area contributed by atoms with Crippen molar-refractivity contribution in [3.63, 3.8) is 0 Å². The molecule has 0 N–H and O–H groups in total. The number of Topliss-reactive ketones (excluding diaryl/α,β-unsaturated/α-hetero) is 1. The number of rotatable bonds is 8. The number of halogens is 1. The molecule has 0 aromatic heterocycles. The summed E-state index contributed by atoms with van der Waals surface area (Å²) >= 11 is 3.31. The van der Waals surface area contributed by atoms with Crippen LogP contribution >= 0.6 is 23.8 Å². The zero-order chi connectivity index (χ0) is 19.1. The second-order valence-corrected chi connectivity index (χ2v) is 7.89. The summed E-state index contributed by atoms with van der Waals surface area (Å²) in [5.74, 6) is 0.289. The van der Waals surface area contributed by atoms with Gasteiger partial charge in [-0.1, -0.05) is 64.5 Å². The average Bonchev–Trinajstić information content (AvgIpc) is 2.68. The summed E-state index contributed by atoms with van der Waals surface area (Å²) in [7, 11) is -4.08. The van der Waals surface area contributed by atoms with Crippen molar-refractivity contribution >= 4 is 29.5 Å². The maximum absolute atomic E-state index is 13.1. The number of hydrogen-bond acceptors (Lipinski definition) is 5. The number of carbonyl (C=O) groups is 1. The summed E-state index contributed by atoms with van der Waals surface area (Å²) in [6, 6.07) is 23.8. The number of benzene rings is 3. The molecular formula is C20H16BrO5P. The molecule has 0 aliphatic carbocycles. The van der Waals surface area contributed by atoms with Crippen LogP contribution in [-0.4, -0.2) is 12.4 Å². The minimum absolute atomic E-state index is 0.313. The van der Waals surface area contributed by atoms with E-state index in [9.17, 15) is 9.36 Å². The third kappa shape index (κ3) is 5.79. The molecule has 0 radical (unpaired) electrons. The van der Waals surface area contributed by atoms with Gasteiger partial charge < -0.3 is 9.05 Å². The Labute approximate surface area is 165 Å². The normalized spacial score (nSPS) is 11.0. The van der Waals surface area contributed by atoms with E-state index in [1.165, 1.54) is 0 Å². The van der Waals surface area contributed by atoms with Crippen LogP contribution < -0.4 is 9.05 Å². The molecule has 3 rings (SSSR count). The van der Waals surface area contributed by atoms with Crippen LogP contribution in [0.25, 0.3) is 0 Å². The highest BCUT2D eigenvalue weighted by Gasteiger charge is 2.32. The molecule has 0 fully saturated rings. The molecule has 0 amide bonds. The summed E-state index contributed by atoms with van der Waals surface area (Å²) in [6.07, 6.45) is 0. The van der Waals surface area contributed by atoms with Crippen molar-refractivity contribution in [3.8, 4) is 11.5 Å². The summed E-state index contributed by atoms with van der Waals surface area (Å²) in [5, 5.41) is 0. The molecule has 7 heteroatoms. The lowest BCUT2D eigenvalue weighted by Gasteiger charge is -2.18. The van der Waals surface area contributed by atoms with Crippen LogP contribution in [0.4, 0.5) is 0 Å².